The third-order valence-corrected chi connectivity index (χ3v) is 5.08. The maximum atomic E-state index is 12.6. The molecule has 0 spiro atoms. The minimum Gasteiger partial charge on any atom is -0.480 e. The van der Waals surface area contributed by atoms with E-state index in [0.717, 1.165) is 17.8 Å². The molecule has 2 rings (SSSR count). The fraction of sp³-hybridized carbons (Fsp3) is 0.643. The number of hydrogen-bond donors (Lipinski definition) is 2. The first kappa shape index (κ1) is 15.8. The molecule has 0 radical (unpaired) electrons. The number of nitrogens with one attached hydrogen (secondary N) is 1. The Morgan fingerprint density at radius 1 is 1.48 bits per heavy atom. The molecule has 1 fully saturated rings. The zero-order chi connectivity index (χ0) is 15.7. The second-order valence-corrected chi connectivity index (χ2v) is 6.97. The van der Waals surface area contributed by atoms with Gasteiger partial charge in [-0.1, -0.05) is 0 Å². The molecule has 7 heteroatoms. The Hall–Kier alpha value is -1.63. The minimum absolute atomic E-state index is 0.347. The average molecular weight is 311 g/mol. The molecular weight excluding hydrogens is 290 g/mol. The van der Waals surface area contributed by atoms with Gasteiger partial charge in [0.05, 0.1) is 5.54 Å². The predicted molar refractivity (Wildman–Crippen MR) is 80.3 cm³/mol. The van der Waals surface area contributed by atoms with Crippen LogP contribution < -0.4 is 5.32 Å². The van der Waals surface area contributed by atoms with Crippen LogP contribution in [0.5, 0.6) is 0 Å². The highest BCUT2D eigenvalue weighted by molar-refractivity contribution is 7.09. The van der Waals surface area contributed by atoms with Gasteiger partial charge in [0.2, 0.25) is 0 Å². The molecule has 1 saturated heterocycles. The molecular formula is C14H21N3O3S. The lowest BCUT2D eigenvalue weighted by molar-refractivity contribution is -0.150. The topological polar surface area (TPSA) is 82.5 Å². The van der Waals surface area contributed by atoms with Gasteiger partial charge in [-0.05, 0) is 40.0 Å². The lowest BCUT2D eigenvalue weighted by Gasteiger charge is -2.42. The number of amides is 2. The maximum absolute atomic E-state index is 12.6. The van der Waals surface area contributed by atoms with Crippen LogP contribution in [0.1, 0.15) is 45.0 Å². The molecule has 1 aromatic rings. The summed E-state index contributed by atoms with van der Waals surface area (Å²) in [6.07, 6.45) is 3.82. The van der Waals surface area contributed by atoms with Crippen molar-refractivity contribution in [1.82, 2.24) is 15.2 Å². The van der Waals surface area contributed by atoms with Crippen molar-refractivity contribution in [3.8, 4) is 0 Å². The first-order valence-corrected chi connectivity index (χ1v) is 7.88. The molecule has 1 atom stereocenters. The van der Waals surface area contributed by atoms with E-state index in [1.165, 1.54) is 16.2 Å². The van der Waals surface area contributed by atoms with E-state index in [-0.39, 0.29) is 6.03 Å². The average Bonchev–Trinajstić information content (AvgIpc) is 2.93. The summed E-state index contributed by atoms with van der Waals surface area (Å²) in [7, 11) is 0. The summed E-state index contributed by atoms with van der Waals surface area (Å²) in [5, 5.41) is 15.0. The van der Waals surface area contributed by atoms with Gasteiger partial charge in [0, 0.05) is 18.1 Å². The normalized spacial score (nSPS) is 22.9. The summed E-state index contributed by atoms with van der Waals surface area (Å²) >= 11 is 1.46. The maximum Gasteiger partial charge on any atom is 0.329 e. The molecule has 1 aliphatic rings. The van der Waals surface area contributed by atoms with E-state index >= 15 is 0 Å². The standard InChI is InChI=1S/C14H21N3O3S/c1-13(2,10-15-7-9-21-10)16-12(20)17-8-5-4-6-14(17,3)11(18)19/h7,9H,4-6,8H2,1-3H3,(H,16,20)(H,18,19). The third kappa shape index (κ3) is 3.02. The second-order valence-electron chi connectivity index (χ2n) is 6.08. The number of carboxylic acids is 1. The van der Waals surface area contributed by atoms with Gasteiger partial charge in [-0.2, -0.15) is 0 Å². The van der Waals surface area contributed by atoms with Gasteiger partial charge in [0.15, 0.2) is 0 Å². The summed E-state index contributed by atoms with van der Waals surface area (Å²) in [5.41, 5.74) is -1.76. The van der Waals surface area contributed by atoms with Crippen molar-refractivity contribution in [3.05, 3.63) is 16.6 Å². The molecule has 1 aromatic heterocycles. The van der Waals surface area contributed by atoms with E-state index in [2.05, 4.69) is 10.3 Å². The summed E-state index contributed by atoms with van der Waals surface area (Å²) in [6, 6.07) is -0.347. The van der Waals surface area contributed by atoms with Gasteiger partial charge in [-0.25, -0.2) is 14.6 Å². The number of piperidine rings is 1. The summed E-state index contributed by atoms with van der Waals surface area (Å²) in [6.45, 7) is 5.81. The van der Waals surface area contributed by atoms with E-state index in [0.29, 0.717) is 13.0 Å². The zero-order valence-corrected chi connectivity index (χ0v) is 13.4. The van der Waals surface area contributed by atoms with Crippen molar-refractivity contribution in [3.63, 3.8) is 0 Å². The molecule has 0 aliphatic carbocycles. The number of aliphatic carboxylic acids is 1. The molecule has 1 unspecified atom stereocenters. The van der Waals surface area contributed by atoms with Crippen LogP contribution in [0.15, 0.2) is 11.6 Å². The number of rotatable bonds is 3. The van der Waals surface area contributed by atoms with E-state index in [9.17, 15) is 14.7 Å². The summed E-state index contributed by atoms with van der Waals surface area (Å²) in [4.78, 5) is 29.8. The van der Waals surface area contributed by atoms with Gasteiger partial charge in [-0.15, -0.1) is 11.3 Å². The number of carboxylic acid groups (broad SMARTS) is 1. The fourth-order valence-corrected chi connectivity index (χ4v) is 3.31. The predicted octanol–water partition coefficient (Wildman–Crippen LogP) is 2.42. The van der Waals surface area contributed by atoms with Crippen molar-refractivity contribution in [1.29, 1.82) is 0 Å². The van der Waals surface area contributed by atoms with Crippen molar-refractivity contribution in [2.24, 2.45) is 0 Å². The van der Waals surface area contributed by atoms with Crippen molar-refractivity contribution < 1.29 is 14.7 Å². The van der Waals surface area contributed by atoms with Crippen LogP contribution in [0.3, 0.4) is 0 Å². The van der Waals surface area contributed by atoms with Crippen molar-refractivity contribution in [2.45, 2.75) is 51.1 Å². The number of thiazole rings is 1. The third-order valence-electron chi connectivity index (χ3n) is 3.98. The molecule has 6 nitrogen and oxygen atoms in total. The van der Waals surface area contributed by atoms with E-state index < -0.39 is 17.0 Å². The Balaban J connectivity index is 2.17. The molecule has 21 heavy (non-hydrogen) atoms. The molecule has 0 aromatic carbocycles. The molecule has 116 valence electrons. The number of nitrogens with zero attached hydrogens (tertiary/aromatic N) is 2. The highest BCUT2D eigenvalue weighted by Crippen LogP contribution is 2.30. The number of carbonyl (C=O) groups is 2. The van der Waals surface area contributed by atoms with Crippen LogP contribution in [0.2, 0.25) is 0 Å². The van der Waals surface area contributed by atoms with Gasteiger partial charge < -0.3 is 15.3 Å². The fourth-order valence-electron chi connectivity index (χ4n) is 2.59. The molecule has 2 N–H and O–H groups in total. The Bertz CT molecular complexity index is 530. The number of carbonyl (C=O) groups excluding carboxylic acids is 1. The highest BCUT2D eigenvalue weighted by atomic mass is 32.1. The largest absolute Gasteiger partial charge is 0.480 e. The Morgan fingerprint density at radius 2 is 2.19 bits per heavy atom. The Labute approximate surface area is 128 Å². The first-order valence-electron chi connectivity index (χ1n) is 7.00. The first-order chi connectivity index (χ1) is 9.77. The smallest absolute Gasteiger partial charge is 0.329 e. The molecule has 2 amide bonds. The van der Waals surface area contributed by atoms with Gasteiger partial charge >= 0.3 is 12.0 Å². The van der Waals surface area contributed by atoms with Crippen LogP contribution in [-0.4, -0.2) is 39.1 Å². The van der Waals surface area contributed by atoms with Gasteiger partial charge in [-0.3, -0.25) is 0 Å². The summed E-state index contributed by atoms with van der Waals surface area (Å²) in [5.74, 6) is -0.954. The van der Waals surface area contributed by atoms with Crippen molar-refractivity contribution >= 4 is 23.3 Å². The number of hydrogen-bond acceptors (Lipinski definition) is 4. The number of urea groups is 1. The van der Waals surface area contributed by atoms with E-state index in [1.807, 2.05) is 19.2 Å². The quantitative estimate of drug-likeness (QED) is 0.898. The lowest BCUT2D eigenvalue weighted by Crippen LogP contribution is -2.61. The minimum atomic E-state index is -1.14. The highest BCUT2D eigenvalue weighted by Gasteiger charge is 2.45. The van der Waals surface area contributed by atoms with Crippen LogP contribution >= 0.6 is 11.3 Å². The Morgan fingerprint density at radius 3 is 2.76 bits per heavy atom. The monoisotopic (exact) mass is 311 g/mol. The van der Waals surface area contributed by atoms with Crippen LogP contribution in [-0.2, 0) is 10.3 Å². The van der Waals surface area contributed by atoms with Gasteiger partial charge in [0.25, 0.3) is 0 Å². The van der Waals surface area contributed by atoms with E-state index in [1.54, 1.807) is 13.1 Å². The van der Waals surface area contributed by atoms with Crippen LogP contribution in [0, 0.1) is 0 Å². The van der Waals surface area contributed by atoms with Crippen LogP contribution in [0.4, 0.5) is 4.79 Å². The second kappa shape index (κ2) is 5.63. The summed E-state index contributed by atoms with van der Waals surface area (Å²) < 4.78 is 0. The van der Waals surface area contributed by atoms with Crippen molar-refractivity contribution in [2.75, 3.05) is 6.54 Å². The van der Waals surface area contributed by atoms with Crippen LogP contribution in [0.25, 0.3) is 0 Å². The lowest BCUT2D eigenvalue weighted by atomic mass is 9.88. The number of aromatic nitrogens is 1. The van der Waals surface area contributed by atoms with E-state index in [4.69, 9.17) is 0 Å². The molecule has 0 bridgehead atoms. The molecule has 0 saturated carbocycles. The number of likely N-dealkylation sites (tertiary alicyclic amines) is 1. The molecule has 2 heterocycles. The molecule has 1 aliphatic heterocycles. The SMILES string of the molecule is CC(C)(NC(=O)N1CCCCC1(C)C(=O)O)c1nccs1. The van der Waals surface area contributed by atoms with Gasteiger partial charge in [0.1, 0.15) is 10.5 Å². The zero-order valence-electron chi connectivity index (χ0n) is 12.5. The Kier molecular flexibility index (Phi) is 4.22.